The zero-order valence-corrected chi connectivity index (χ0v) is 6.38. The van der Waals surface area contributed by atoms with Crippen LogP contribution in [-0.2, 0) is 5.41 Å². The molecule has 0 unspecified atom stereocenters. The maximum Gasteiger partial charge on any atom is 0.0527 e. The molecule has 1 aliphatic carbocycles. The molecule has 1 aromatic carbocycles. The smallest absolute Gasteiger partial charge is 0.0527 e. The molecule has 1 aromatic rings. The highest BCUT2D eigenvalue weighted by Crippen LogP contribution is 2.47. The fourth-order valence-electron chi connectivity index (χ4n) is 1.43. The van der Waals surface area contributed by atoms with Crippen LogP contribution in [0.25, 0.3) is 0 Å². The van der Waals surface area contributed by atoms with E-state index in [0.29, 0.717) is 0 Å². The molecule has 0 saturated heterocycles. The minimum Gasteiger partial charge on any atom is -0.395 e. The van der Waals surface area contributed by atoms with Crippen LogP contribution >= 0.6 is 0 Å². The SMILES string of the molecule is OCC1(c2cc[c]cc2)CC1. The van der Waals surface area contributed by atoms with Crippen molar-refractivity contribution in [1.29, 1.82) is 0 Å². The summed E-state index contributed by atoms with van der Waals surface area (Å²) in [5.41, 5.74) is 1.38. The van der Waals surface area contributed by atoms with E-state index in [0.717, 1.165) is 12.8 Å². The Morgan fingerprint density at radius 1 is 1.36 bits per heavy atom. The van der Waals surface area contributed by atoms with Crippen molar-refractivity contribution >= 4 is 0 Å². The summed E-state index contributed by atoms with van der Waals surface area (Å²) in [6.45, 7) is 0.289. The Kier molecular flexibility index (Phi) is 1.46. The van der Waals surface area contributed by atoms with Crippen molar-refractivity contribution in [2.24, 2.45) is 0 Å². The number of hydrogen-bond acceptors (Lipinski definition) is 1. The molecular weight excluding hydrogens is 136 g/mol. The van der Waals surface area contributed by atoms with Gasteiger partial charge in [-0.25, -0.2) is 0 Å². The van der Waals surface area contributed by atoms with Gasteiger partial charge < -0.3 is 5.11 Å². The van der Waals surface area contributed by atoms with E-state index < -0.39 is 0 Å². The summed E-state index contributed by atoms with van der Waals surface area (Å²) >= 11 is 0. The Morgan fingerprint density at radius 3 is 2.45 bits per heavy atom. The van der Waals surface area contributed by atoms with Crippen molar-refractivity contribution in [3.05, 3.63) is 35.9 Å². The molecule has 0 atom stereocenters. The predicted octanol–water partition coefficient (Wildman–Crippen LogP) is 1.51. The van der Waals surface area contributed by atoms with Gasteiger partial charge in [-0.2, -0.15) is 0 Å². The zero-order valence-electron chi connectivity index (χ0n) is 6.38. The predicted molar refractivity (Wildman–Crippen MR) is 43.3 cm³/mol. The molecule has 2 rings (SSSR count). The van der Waals surface area contributed by atoms with Crippen LogP contribution in [0.3, 0.4) is 0 Å². The van der Waals surface area contributed by atoms with Gasteiger partial charge in [-0.3, -0.25) is 0 Å². The Balaban J connectivity index is 2.30. The molecule has 1 saturated carbocycles. The first kappa shape index (κ1) is 6.86. The molecule has 1 radical (unpaired) electrons. The molecule has 0 aromatic heterocycles. The average Bonchev–Trinajstić information content (AvgIpc) is 2.86. The van der Waals surface area contributed by atoms with Gasteiger partial charge in [0.15, 0.2) is 0 Å². The first-order valence-electron chi connectivity index (χ1n) is 3.95. The van der Waals surface area contributed by atoms with Crippen molar-refractivity contribution in [3.8, 4) is 0 Å². The minimum absolute atomic E-state index is 0.120. The molecule has 11 heavy (non-hydrogen) atoms. The summed E-state index contributed by atoms with van der Waals surface area (Å²) in [4.78, 5) is 0. The maximum atomic E-state index is 9.10. The molecule has 1 nitrogen and oxygen atoms in total. The fraction of sp³-hybridized carbons (Fsp3) is 0.400. The molecule has 0 bridgehead atoms. The molecule has 1 heteroatoms. The van der Waals surface area contributed by atoms with Crippen LogP contribution in [0.15, 0.2) is 24.3 Å². The molecule has 0 heterocycles. The van der Waals surface area contributed by atoms with Crippen molar-refractivity contribution in [2.45, 2.75) is 18.3 Å². The van der Waals surface area contributed by atoms with E-state index in [1.165, 1.54) is 5.56 Å². The topological polar surface area (TPSA) is 20.2 Å². The summed E-state index contributed by atoms with van der Waals surface area (Å²) in [6, 6.07) is 10.9. The van der Waals surface area contributed by atoms with Crippen molar-refractivity contribution in [1.82, 2.24) is 0 Å². The minimum atomic E-state index is 0.120. The van der Waals surface area contributed by atoms with Crippen LogP contribution in [-0.4, -0.2) is 11.7 Å². The average molecular weight is 147 g/mol. The van der Waals surface area contributed by atoms with Gasteiger partial charge in [0.1, 0.15) is 0 Å². The molecule has 1 aliphatic rings. The van der Waals surface area contributed by atoms with Crippen molar-refractivity contribution in [2.75, 3.05) is 6.61 Å². The third-order valence-corrected chi connectivity index (χ3v) is 2.49. The number of aliphatic hydroxyl groups excluding tert-OH is 1. The second kappa shape index (κ2) is 2.35. The molecule has 1 fully saturated rings. The molecule has 57 valence electrons. The van der Waals surface area contributed by atoms with Gasteiger partial charge in [0.2, 0.25) is 0 Å². The number of hydrogen-bond donors (Lipinski definition) is 1. The third-order valence-electron chi connectivity index (χ3n) is 2.49. The monoisotopic (exact) mass is 147 g/mol. The standard InChI is InChI=1S/C10H11O/c11-8-10(6-7-10)9-4-2-1-3-5-9/h2-5,11H,6-8H2. The second-order valence-electron chi connectivity index (χ2n) is 3.23. The lowest BCUT2D eigenvalue weighted by molar-refractivity contribution is 0.255. The van der Waals surface area contributed by atoms with E-state index in [1.807, 2.05) is 24.3 Å². The normalized spacial score (nSPS) is 19.7. The van der Waals surface area contributed by atoms with Gasteiger partial charge >= 0.3 is 0 Å². The van der Waals surface area contributed by atoms with Crippen LogP contribution < -0.4 is 0 Å². The summed E-state index contributed by atoms with van der Waals surface area (Å²) < 4.78 is 0. The van der Waals surface area contributed by atoms with Gasteiger partial charge in [0.25, 0.3) is 0 Å². The Labute approximate surface area is 66.7 Å². The Bertz CT molecular complexity index is 236. The Morgan fingerprint density at radius 2 is 2.00 bits per heavy atom. The number of aliphatic hydroxyl groups is 1. The third kappa shape index (κ3) is 1.05. The molecule has 1 N–H and O–H groups in total. The number of rotatable bonds is 2. The largest absolute Gasteiger partial charge is 0.395 e. The van der Waals surface area contributed by atoms with Crippen LogP contribution in [0.1, 0.15) is 18.4 Å². The van der Waals surface area contributed by atoms with Crippen LogP contribution in [0.4, 0.5) is 0 Å². The summed E-state index contributed by atoms with van der Waals surface area (Å²) in [5.74, 6) is 0. The van der Waals surface area contributed by atoms with Crippen LogP contribution in [0, 0.1) is 6.07 Å². The van der Waals surface area contributed by atoms with Gasteiger partial charge in [-0.15, -0.1) is 0 Å². The van der Waals surface area contributed by atoms with Crippen LogP contribution in [0.2, 0.25) is 0 Å². The summed E-state index contributed by atoms with van der Waals surface area (Å²) in [6.07, 6.45) is 2.26. The van der Waals surface area contributed by atoms with Gasteiger partial charge in [-0.05, 0) is 24.5 Å². The molecule has 0 spiro atoms. The van der Waals surface area contributed by atoms with Gasteiger partial charge in [0.05, 0.1) is 6.61 Å². The highest BCUT2D eigenvalue weighted by atomic mass is 16.3. The first-order chi connectivity index (χ1) is 5.37. The van der Waals surface area contributed by atoms with E-state index in [2.05, 4.69) is 6.07 Å². The highest BCUT2D eigenvalue weighted by molar-refractivity contribution is 5.30. The van der Waals surface area contributed by atoms with Gasteiger partial charge in [0, 0.05) is 5.41 Å². The number of benzene rings is 1. The summed E-state index contributed by atoms with van der Waals surface area (Å²) in [5, 5.41) is 9.10. The van der Waals surface area contributed by atoms with Crippen LogP contribution in [0.5, 0.6) is 0 Å². The highest BCUT2D eigenvalue weighted by Gasteiger charge is 2.43. The van der Waals surface area contributed by atoms with E-state index in [-0.39, 0.29) is 12.0 Å². The van der Waals surface area contributed by atoms with Crippen molar-refractivity contribution in [3.63, 3.8) is 0 Å². The summed E-state index contributed by atoms with van der Waals surface area (Å²) in [7, 11) is 0. The molecular formula is C10H11O. The van der Waals surface area contributed by atoms with E-state index in [9.17, 15) is 0 Å². The van der Waals surface area contributed by atoms with Crippen molar-refractivity contribution < 1.29 is 5.11 Å². The molecule has 0 aliphatic heterocycles. The van der Waals surface area contributed by atoms with E-state index >= 15 is 0 Å². The lowest BCUT2D eigenvalue weighted by Gasteiger charge is -2.10. The Hall–Kier alpha value is -0.820. The quantitative estimate of drug-likeness (QED) is 0.672. The lowest BCUT2D eigenvalue weighted by atomic mass is 9.97. The van der Waals surface area contributed by atoms with Gasteiger partial charge in [-0.1, -0.05) is 24.3 Å². The van der Waals surface area contributed by atoms with E-state index in [1.54, 1.807) is 0 Å². The second-order valence-corrected chi connectivity index (χ2v) is 3.23. The van der Waals surface area contributed by atoms with E-state index in [4.69, 9.17) is 5.11 Å². The maximum absolute atomic E-state index is 9.10. The first-order valence-corrected chi connectivity index (χ1v) is 3.95. The molecule has 0 amide bonds. The lowest BCUT2D eigenvalue weighted by Crippen LogP contribution is -2.11. The zero-order chi connectivity index (χ0) is 7.73. The fourth-order valence-corrected chi connectivity index (χ4v) is 1.43.